The van der Waals surface area contributed by atoms with E-state index < -0.39 is 27.5 Å². The van der Waals surface area contributed by atoms with Gasteiger partial charge in [0.25, 0.3) is 0 Å². The van der Waals surface area contributed by atoms with E-state index in [1.54, 1.807) is 12.1 Å². The van der Waals surface area contributed by atoms with E-state index in [4.69, 9.17) is 5.84 Å². The Bertz CT molecular complexity index is 1180. The van der Waals surface area contributed by atoms with Gasteiger partial charge < -0.3 is 10.5 Å². The van der Waals surface area contributed by atoms with E-state index in [-0.39, 0.29) is 11.3 Å². The number of nitrogens with two attached hydrogens (primary N) is 1. The highest BCUT2D eigenvalue weighted by molar-refractivity contribution is 7.91. The Labute approximate surface area is 181 Å². The monoisotopic (exact) mass is 437 g/mol. The van der Waals surface area contributed by atoms with Gasteiger partial charge in [-0.15, -0.1) is 0 Å². The van der Waals surface area contributed by atoms with Gasteiger partial charge in [0.2, 0.25) is 0 Å². The number of nitrogens with one attached hydrogen (secondary N) is 1. The zero-order valence-electron chi connectivity index (χ0n) is 16.7. The summed E-state index contributed by atoms with van der Waals surface area (Å²) in [6.07, 6.45) is 1.33. The van der Waals surface area contributed by atoms with Crippen molar-refractivity contribution in [3.8, 4) is 11.1 Å². The molecule has 160 valence electrons. The third kappa shape index (κ3) is 6.00. The molecule has 0 radical (unpaired) electrons. The number of aliphatic carboxylic acids is 1. The number of carboxylic acids is 1. The van der Waals surface area contributed by atoms with Gasteiger partial charge in [-0.1, -0.05) is 60.7 Å². The molecule has 3 aromatic rings. The average Bonchev–Trinajstić information content (AvgIpc) is 2.78. The van der Waals surface area contributed by atoms with E-state index in [0.717, 1.165) is 16.7 Å². The van der Waals surface area contributed by atoms with Crippen molar-refractivity contribution in [1.82, 2.24) is 5.43 Å². The summed E-state index contributed by atoms with van der Waals surface area (Å²) < 4.78 is 25.8. The second kappa shape index (κ2) is 10.0. The van der Waals surface area contributed by atoms with Crippen LogP contribution in [0, 0.1) is 5.92 Å². The zero-order chi connectivity index (χ0) is 22.3. The smallest absolute Gasteiger partial charge is 0.307 e. The molecule has 3 aromatic carbocycles. The molecule has 0 fully saturated rings. The van der Waals surface area contributed by atoms with Crippen molar-refractivity contribution in [2.24, 2.45) is 16.8 Å². The lowest BCUT2D eigenvalue weighted by molar-refractivity contribution is -0.140. The second-order valence-corrected chi connectivity index (χ2v) is 9.04. The summed E-state index contributed by atoms with van der Waals surface area (Å²) in [5.74, 6) is 2.38. The minimum absolute atomic E-state index is 0.0171. The maximum Gasteiger partial charge on any atom is 0.307 e. The summed E-state index contributed by atoms with van der Waals surface area (Å²) in [7, 11) is -3.84. The highest BCUT2D eigenvalue weighted by atomic mass is 32.2. The van der Waals surface area contributed by atoms with Gasteiger partial charge in [-0.25, -0.2) is 19.3 Å². The van der Waals surface area contributed by atoms with Crippen LogP contribution in [0.25, 0.3) is 11.1 Å². The molecule has 1 unspecified atom stereocenters. The maximum atomic E-state index is 12.9. The minimum Gasteiger partial charge on any atom is -0.481 e. The Kier molecular flexibility index (Phi) is 7.17. The largest absolute Gasteiger partial charge is 0.481 e. The van der Waals surface area contributed by atoms with Gasteiger partial charge in [-0.05, 0) is 41.3 Å². The van der Waals surface area contributed by atoms with Crippen LogP contribution in [0.2, 0.25) is 0 Å². The first-order chi connectivity index (χ1) is 14.9. The molecule has 4 N–H and O–H groups in total. The quantitative estimate of drug-likeness (QED) is 0.205. The maximum absolute atomic E-state index is 12.9. The van der Waals surface area contributed by atoms with E-state index in [2.05, 4.69) is 10.4 Å². The summed E-state index contributed by atoms with van der Waals surface area (Å²) in [6, 6.07) is 23.2. The first-order valence-electron chi connectivity index (χ1n) is 9.58. The Hall–Kier alpha value is -3.49. The molecule has 0 aliphatic carbocycles. The van der Waals surface area contributed by atoms with Crippen molar-refractivity contribution < 1.29 is 18.3 Å². The molecule has 0 aliphatic heterocycles. The number of hydrogen-bond donors (Lipinski definition) is 3. The van der Waals surface area contributed by atoms with Crippen LogP contribution in [-0.2, 0) is 21.1 Å². The Morgan fingerprint density at radius 3 is 2.42 bits per heavy atom. The lowest BCUT2D eigenvalue weighted by atomic mass is 9.97. The number of benzene rings is 3. The summed E-state index contributed by atoms with van der Waals surface area (Å²) in [5, 5.41) is 9.69. The second-order valence-electron chi connectivity index (χ2n) is 7.01. The molecule has 0 spiro atoms. The summed E-state index contributed by atoms with van der Waals surface area (Å²) in [6.45, 7) is 0. The first kappa shape index (κ1) is 22.2. The predicted molar refractivity (Wildman–Crippen MR) is 121 cm³/mol. The van der Waals surface area contributed by atoms with Gasteiger partial charge in [-0.3, -0.25) is 4.79 Å². The number of aliphatic imine (C=N–C) groups is 1. The SMILES string of the molecule is NNC=Nc1cccc(S(=O)(=O)CC(Cc2cccc(-c3ccccc3)c2)C(=O)O)c1. The van der Waals surface area contributed by atoms with Crippen LogP contribution in [0.3, 0.4) is 0 Å². The summed E-state index contributed by atoms with van der Waals surface area (Å²) in [4.78, 5) is 15.9. The zero-order valence-corrected chi connectivity index (χ0v) is 17.5. The van der Waals surface area contributed by atoms with Crippen molar-refractivity contribution >= 4 is 27.8 Å². The third-order valence-corrected chi connectivity index (χ3v) is 6.56. The Balaban J connectivity index is 1.82. The summed E-state index contributed by atoms with van der Waals surface area (Å²) in [5.41, 5.74) is 5.35. The number of nitrogens with zero attached hydrogens (tertiary/aromatic N) is 1. The number of sulfone groups is 1. The molecule has 0 aliphatic rings. The van der Waals surface area contributed by atoms with Crippen LogP contribution in [0.5, 0.6) is 0 Å². The molecular formula is C23H23N3O4S. The van der Waals surface area contributed by atoms with Crippen molar-refractivity contribution in [1.29, 1.82) is 0 Å². The number of hydrogen-bond acceptors (Lipinski definition) is 5. The highest BCUT2D eigenvalue weighted by Gasteiger charge is 2.27. The van der Waals surface area contributed by atoms with E-state index in [0.29, 0.717) is 5.69 Å². The average molecular weight is 438 g/mol. The number of hydrazine groups is 1. The van der Waals surface area contributed by atoms with Crippen LogP contribution < -0.4 is 11.3 Å². The van der Waals surface area contributed by atoms with Gasteiger partial charge in [-0.2, -0.15) is 0 Å². The number of carboxylic acid groups (broad SMARTS) is 1. The van der Waals surface area contributed by atoms with E-state index in [1.807, 2.05) is 54.6 Å². The van der Waals surface area contributed by atoms with Gasteiger partial charge in [0.05, 0.1) is 22.3 Å². The fraction of sp³-hybridized carbons (Fsp3) is 0.130. The molecule has 0 aromatic heterocycles. The first-order valence-corrected chi connectivity index (χ1v) is 11.2. The molecule has 0 saturated carbocycles. The third-order valence-electron chi connectivity index (χ3n) is 4.75. The number of carbonyl (C=O) groups is 1. The molecule has 0 saturated heterocycles. The molecule has 1 atom stereocenters. The molecular weight excluding hydrogens is 414 g/mol. The van der Waals surface area contributed by atoms with Crippen molar-refractivity contribution in [2.75, 3.05) is 5.75 Å². The fourth-order valence-electron chi connectivity index (χ4n) is 3.24. The van der Waals surface area contributed by atoms with Crippen molar-refractivity contribution in [3.05, 3.63) is 84.4 Å². The lowest BCUT2D eigenvalue weighted by Gasteiger charge is -2.14. The van der Waals surface area contributed by atoms with Crippen LogP contribution in [0.15, 0.2) is 88.8 Å². The topological polar surface area (TPSA) is 122 Å². The van der Waals surface area contributed by atoms with Gasteiger partial charge in [0.15, 0.2) is 9.84 Å². The summed E-state index contributed by atoms with van der Waals surface area (Å²) >= 11 is 0. The Morgan fingerprint density at radius 2 is 1.71 bits per heavy atom. The van der Waals surface area contributed by atoms with Gasteiger partial charge in [0.1, 0.15) is 6.34 Å². The van der Waals surface area contributed by atoms with E-state index in [1.165, 1.54) is 18.5 Å². The molecule has 0 heterocycles. The lowest BCUT2D eigenvalue weighted by Crippen LogP contribution is -2.26. The van der Waals surface area contributed by atoms with E-state index in [9.17, 15) is 18.3 Å². The Morgan fingerprint density at radius 1 is 1.00 bits per heavy atom. The standard InChI is InChI=1S/C23H23N3O4S/c24-26-16-25-21-10-5-11-22(14-21)31(29,30)15-20(23(27)28)13-17-6-4-9-19(12-17)18-7-2-1-3-8-18/h1-12,14,16,20H,13,15,24H2,(H,25,26)(H,27,28). The molecule has 0 bridgehead atoms. The molecule has 0 amide bonds. The normalized spacial score (nSPS) is 12.5. The van der Waals surface area contributed by atoms with Crippen molar-refractivity contribution in [3.63, 3.8) is 0 Å². The fourth-order valence-corrected chi connectivity index (χ4v) is 4.81. The molecule has 3 rings (SSSR count). The molecule has 7 nitrogen and oxygen atoms in total. The van der Waals surface area contributed by atoms with Crippen LogP contribution in [0.4, 0.5) is 5.69 Å². The molecule has 8 heteroatoms. The van der Waals surface area contributed by atoms with Crippen LogP contribution >= 0.6 is 0 Å². The van der Waals surface area contributed by atoms with Crippen LogP contribution in [0.1, 0.15) is 5.56 Å². The minimum atomic E-state index is -3.84. The van der Waals surface area contributed by atoms with Gasteiger partial charge >= 0.3 is 5.97 Å². The number of rotatable bonds is 9. The van der Waals surface area contributed by atoms with E-state index >= 15 is 0 Å². The predicted octanol–water partition coefficient (Wildman–Crippen LogP) is 3.19. The van der Waals surface area contributed by atoms with Crippen molar-refractivity contribution in [2.45, 2.75) is 11.3 Å². The highest BCUT2D eigenvalue weighted by Crippen LogP contribution is 2.24. The van der Waals surface area contributed by atoms with Gasteiger partial charge in [0, 0.05) is 0 Å². The van der Waals surface area contributed by atoms with Crippen LogP contribution in [-0.4, -0.2) is 31.6 Å². The molecule has 31 heavy (non-hydrogen) atoms.